The summed E-state index contributed by atoms with van der Waals surface area (Å²) in [6.45, 7) is 1.93. The summed E-state index contributed by atoms with van der Waals surface area (Å²) in [5.74, 6) is 0.847. The number of carbonyl (C=O) groups is 1. The minimum Gasteiger partial charge on any atom is -0.493 e. The monoisotopic (exact) mass is 278 g/mol. The van der Waals surface area contributed by atoms with Crippen LogP contribution in [0.15, 0.2) is 24.3 Å². The number of rotatable bonds is 5. The van der Waals surface area contributed by atoms with E-state index in [2.05, 4.69) is 0 Å². The maximum atomic E-state index is 12.0. The summed E-state index contributed by atoms with van der Waals surface area (Å²) in [7, 11) is 1.72. The number of piperidine rings is 1. The molecule has 2 N–H and O–H groups in total. The van der Waals surface area contributed by atoms with Crippen LogP contribution in [0.4, 0.5) is 5.69 Å². The van der Waals surface area contributed by atoms with Gasteiger partial charge >= 0.3 is 0 Å². The van der Waals surface area contributed by atoms with Crippen molar-refractivity contribution in [2.45, 2.75) is 25.4 Å². The number of nitrogens with zero attached hydrogens (tertiary/aromatic N) is 1. The van der Waals surface area contributed by atoms with Crippen LogP contribution in [0.3, 0.4) is 0 Å². The summed E-state index contributed by atoms with van der Waals surface area (Å²) < 4.78 is 10.8. The van der Waals surface area contributed by atoms with Gasteiger partial charge in [0.1, 0.15) is 5.75 Å². The van der Waals surface area contributed by atoms with Crippen LogP contribution in [0.1, 0.15) is 19.3 Å². The number of carbonyl (C=O) groups excluding carboxylic acids is 1. The van der Waals surface area contributed by atoms with Gasteiger partial charge in [-0.3, -0.25) is 4.79 Å². The molecule has 1 aromatic rings. The van der Waals surface area contributed by atoms with Crippen LogP contribution in [-0.2, 0) is 9.53 Å². The number of anilines is 1. The number of hydrogen-bond donors (Lipinski definition) is 1. The summed E-state index contributed by atoms with van der Waals surface area (Å²) in [6.07, 6.45) is 2.52. The number of likely N-dealkylation sites (tertiary alicyclic amines) is 1. The quantitative estimate of drug-likeness (QED) is 0.832. The molecule has 0 bridgehead atoms. The molecule has 5 nitrogen and oxygen atoms in total. The zero-order chi connectivity index (χ0) is 14.4. The Morgan fingerprint density at radius 1 is 1.40 bits per heavy atom. The van der Waals surface area contributed by atoms with E-state index in [1.807, 2.05) is 17.0 Å². The van der Waals surface area contributed by atoms with Gasteiger partial charge in [0.05, 0.1) is 19.1 Å². The van der Waals surface area contributed by atoms with Gasteiger partial charge in [-0.05, 0) is 25.0 Å². The highest BCUT2D eigenvalue weighted by Crippen LogP contribution is 2.16. The zero-order valence-electron chi connectivity index (χ0n) is 11.9. The Hall–Kier alpha value is -1.75. The first kappa shape index (κ1) is 14.7. The third-order valence-electron chi connectivity index (χ3n) is 3.57. The molecule has 1 aliphatic heterocycles. The maximum Gasteiger partial charge on any atom is 0.226 e. The first-order valence-electron chi connectivity index (χ1n) is 6.98. The van der Waals surface area contributed by atoms with Crippen LogP contribution in [0.25, 0.3) is 0 Å². The lowest BCUT2D eigenvalue weighted by molar-refractivity contribution is -0.134. The second-order valence-electron chi connectivity index (χ2n) is 4.99. The fraction of sp³-hybridized carbons (Fsp3) is 0.533. The molecule has 0 aromatic heterocycles. The van der Waals surface area contributed by atoms with Crippen molar-refractivity contribution in [3.63, 3.8) is 0 Å². The Labute approximate surface area is 119 Å². The van der Waals surface area contributed by atoms with Crippen molar-refractivity contribution in [2.75, 3.05) is 32.5 Å². The Morgan fingerprint density at radius 2 is 2.15 bits per heavy atom. The predicted octanol–water partition coefficient (Wildman–Crippen LogP) is 1.68. The van der Waals surface area contributed by atoms with Gasteiger partial charge in [-0.1, -0.05) is 6.07 Å². The van der Waals surface area contributed by atoms with Crippen LogP contribution >= 0.6 is 0 Å². The third-order valence-corrected chi connectivity index (χ3v) is 3.57. The Kier molecular flexibility index (Phi) is 5.24. The van der Waals surface area contributed by atoms with Crippen molar-refractivity contribution >= 4 is 11.6 Å². The molecule has 1 aliphatic rings. The number of ether oxygens (including phenoxy) is 2. The van der Waals surface area contributed by atoms with Gasteiger partial charge in [-0.2, -0.15) is 0 Å². The predicted molar refractivity (Wildman–Crippen MR) is 77.6 cm³/mol. The molecule has 0 saturated carbocycles. The highest BCUT2D eigenvalue weighted by atomic mass is 16.5. The molecule has 0 spiro atoms. The molecule has 1 heterocycles. The second-order valence-corrected chi connectivity index (χ2v) is 4.99. The summed E-state index contributed by atoms with van der Waals surface area (Å²) in [6, 6.07) is 7.24. The molecule has 0 atom stereocenters. The Balaban J connectivity index is 1.70. The number of nitrogens with two attached hydrogens (primary N) is 1. The lowest BCUT2D eigenvalue weighted by Crippen LogP contribution is -2.41. The number of amides is 1. The third kappa shape index (κ3) is 4.13. The molecule has 1 saturated heterocycles. The molecule has 1 amide bonds. The highest BCUT2D eigenvalue weighted by molar-refractivity contribution is 5.76. The standard InChI is InChI=1S/C15H22N2O3/c1-19-13-5-8-17(9-6-13)15(18)7-10-20-14-4-2-3-12(16)11-14/h2-4,11,13H,5-10,16H2,1H3. The SMILES string of the molecule is COC1CCN(C(=O)CCOc2cccc(N)c2)CC1. The van der Waals surface area contributed by atoms with E-state index < -0.39 is 0 Å². The summed E-state index contributed by atoms with van der Waals surface area (Å²) in [4.78, 5) is 13.9. The van der Waals surface area contributed by atoms with E-state index in [0.29, 0.717) is 30.6 Å². The van der Waals surface area contributed by atoms with Gasteiger partial charge in [-0.15, -0.1) is 0 Å². The number of benzene rings is 1. The molecule has 0 unspecified atom stereocenters. The Bertz CT molecular complexity index is 442. The van der Waals surface area contributed by atoms with E-state index in [1.165, 1.54) is 0 Å². The van der Waals surface area contributed by atoms with Crippen molar-refractivity contribution in [2.24, 2.45) is 0 Å². The van der Waals surface area contributed by atoms with Crippen molar-refractivity contribution in [3.05, 3.63) is 24.3 Å². The van der Waals surface area contributed by atoms with Gasteiger partial charge in [0.25, 0.3) is 0 Å². The number of methoxy groups -OCH3 is 1. The van der Waals surface area contributed by atoms with Crippen LogP contribution in [0.2, 0.25) is 0 Å². The van der Waals surface area contributed by atoms with E-state index in [0.717, 1.165) is 25.9 Å². The first-order chi connectivity index (χ1) is 9.69. The van der Waals surface area contributed by atoms with E-state index in [-0.39, 0.29) is 5.91 Å². The Morgan fingerprint density at radius 3 is 2.80 bits per heavy atom. The van der Waals surface area contributed by atoms with Gasteiger partial charge in [-0.25, -0.2) is 0 Å². The molecule has 110 valence electrons. The lowest BCUT2D eigenvalue weighted by atomic mass is 10.1. The van der Waals surface area contributed by atoms with Crippen LogP contribution in [0, 0.1) is 0 Å². The van der Waals surface area contributed by atoms with E-state index in [1.54, 1.807) is 19.2 Å². The average molecular weight is 278 g/mol. The topological polar surface area (TPSA) is 64.8 Å². The van der Waals surface area contributed by atoms with Crippen LogP contribution in [0.5, 0.6) is 5.75 Å². The largest absolute Gasteiger partial charge is 0.493 e. The number of nitrogen functional groups attached to an aromatic ring is 1. The molecule has 2 rings (SSSR count). The molecule has 0 aliphatic carbocycles. The van der Waals surface area contributed by atoms with Crippen LogP contribution in [-0.4, -0.2) is 43.7 Å². The van der Waals surface area contributed by atoms with Crippen molar-refractivity contribution in [1.82, 2.24) is 4.90 Å². The first-order valence-corrected chi connectivity index (χ1v) is 6.98. The molecular formula is C15H22N2O3. The van der Waals surface area contributed by atoms with Gasteiger partial charge in [0, 0.05) is 32.0 Å². The fourth-order valence-electron chi connectivity index (χ4n) is 2.36. The van der Waals surface area contributed by atoms with Crippen molar-refractivity contribution < 1.29 is 14.3 Å². The molecule has 1 aromatic carbocycles. The van der Waals surface area contributed by atoms with Crippen molar-refractivity contribution in [3.8, 4) is 5.75 Å². The summed E-state index contributed by atoms with van der Waals surface area (Å²) >= 11 is 0. The maximum absolute atomic E-state index is 12.0. The average Bonchev–Trinajstić information content (AvgIpc) is 2.47. The zero-order valence-corrected chi connectivity index (χ0v) is 11.9. The molecule has 5 heteroatoms. The molecule has 1 fully saturated rings. The van der Waals surface area contributed by atoms with Crippen molar-refractivity contribution in [1.29, 1.82) is 0 Å². The molecule has 0 radical (unpaired) electrons. The lowest BCUT2D eigenvalue weighted by Gasteiger charge is -2.31. The van der Waals surface area contributed by atoms with E-state index in [9.17, 15) is 4.79 Å². The molecule has 20 heavy (non-hydrogen) atoms. The summed E-state index contributed by atoms with van der Waals surface area (Å²) in [5, 5.41) is 0. The van der Waals surface area contributed by atoms with Gasteiger partial charge in [0.15, 0.2) is 0 Å². The van der Waals surface area contributed by atoms with Crippen LogP contribution < -0.4 is 10.5 Å². The number of hydrogen-bond acceptors (Lipinski definition) is 4. The van der Waals surface area contributed by atoms with Gasteiger partial charge in [0.2, 0.25) is 5.91 Å². The summed E-state index contributed by atoms with van der Waals surface area (Å²) in [5.41, 5.74) is 6.33. The minimum atomic E-state index is 0.142. The van der Waals surface area contributed by atoms with E-state index in [4.69, 9.17) is 15.2 Å². The second kappa shape index (κ2) is 7.14. The normalized spacial score (nSPS) is 16.1. The minimum absolute atomic E-state index is 0.142. The fourth-order valence-corrected chi connectivity index (χ4v) is 2.36. The van der Waals surface area contributed by atoms with Gasteiger partial charge < -0.3 is 20.1 Å². The smallest absolute Gasteiger partial charge is 0.226 e. The highest BCUT2D eigenvalue weighted by Gasteiger charge is 2.22. The molecular weight excluding hydrogens is 256 g/mol. The van der Waals surface area contributed by atoms with E-state index >= 15 is 0 Å².